The van der Waals surface area contributed by atoms with Crippen molar-refractivity contribution >= 4 is 45.8 Å². The van der Waals surface area contributed by atoms with E-state index < -0.39 is 0 Å². The molecule has 0 saturated carbocycles. The number of halogens is 3. The van der Waals surface area contributed by atoms with Crippen LogP contribution in [0, 0.1) is 10.5 Å². The van der Waals surface area contributed by atoms with Gasteiger partial charge >= 0.3 is 0 Å². The second-order valence-electron chi connectivity index (χ2n) is 4.46. The molecule has 1 atom stereocenters. The van der Waals surface area contributed by atoms with E-state index in [1.54, 1.807) is 4.68 Å². The predicted molar refractivity (Wildman–Crippen MR) is 87.8 cm³/mol. The molecule has 2 aromatic rings. The molecule has 2 rings (SSSR count). The summed E-state index contributed by atoms with van der Waals surface area (Å²) in [6, 6.07) is 5.73. The van der Waals surface area contributed by atoms with Crippen molar-refractivity contribution < 1.29 is 0 Å². The van der Waals surface area contributed by atoms with Gasteiger partial charge < -0.3 is 5.73 Å². The predicted octanol–water partition coefficient (Wildman–Crippen LogP) is 3.88. The molecule has 0 spiro atoms. The minimum atomic E-state index is -0.144. The summed E-state index contributed by atoms with van der Waals surface area (Å²) in [4.78, 5) is 0. The molecule has 0 amide bonds. The van der Waals surface area contributed by atoms with Gasteiger partial charge in [0.05, 0.1) is 10.7 Å². The summed E-state index contributed by atoms with van der Waals surface area (Å²) in [7, 11) is 1.83. The van der Waals surface area contributed by atoms with Gasteiger partial charge in [0.2, 0.25) is 0 Å². The third-order valence-corrected chi connectivity index (χ3v) is 5.11. The zero-order valence-electron chi connectivity index (χ0n) is 10.6. The number of aryl methyl sites for hydroxylation is 2. The number of rotatable bonds is 3. The monoisotopic (exact) mass is 409 g/mol. The van der Waals surface area contributed by atoms with Gasteiger partial charge in [-0.05, 0) is 53.6 Å². The second kappa shape index (κ2) is 5.99. The van der Waals surface area contributed by atoms with Crippen molar-refractivity contribution in [2.75, 3.05) is 0 Å². The molecule has 0 aliphatic rings. The first-order valence-corrected chi connectivity index (χ1v) is 7.62. The fraction of sp³-hybridized carbons (Fsp3) is 0.308. The van der Waals surface area contributed by atoms with E-state index in [9.17, 15) is 0 Å². The molecule has 2 N–H and O–H groups in total. The van der Waals surface area contributed by atoms with Gasteiger partial charge in [-0.2, -0.15) is 5.10 Å². The Balaban J connectivity index is 2.25. The Labute approximate surface area is 136 Å². The quantitative estimate of drug-likeness (QED) is 0.781. The molecular weight excluding hydrogens is 396 g/mol. The number of nitrogens with zero attached hydrogens (tertiary/aromatic N) is 2. The molecule has 0 bridgehead atoms. The van der Waals surface area contributed by atoms with E-state index in [1.807, 2.05) is 32.2 Å². The summed E-state index contributed by atoms with van der Waals surface area (Å²) in [5, 5.41) is 5.66. The third-order valence-electron chi connectivity index (χ3n) is 3.07. The maximum Gasteiger partial charge on any atom is 0.130 e. The largest absolute Gasteiger partial charge is 0.324 e. The van der Waals surface area contributed by atoms with Gasteiger partial charge in [0, 0.05) is 22.2 Å². The molecule has 0 aliphatic heterocycles. The Kier molecular flexibility index (Phi) is 4.76. The van der Waals surface area contributed by atoms with Gasteiger partial charge in [0.1, 0.15) is 5.15 Å². The van der Waals surface area contributed by atoms with Crippen molar-refractivity contribution in [1.29, 1.82) is 0 Å². The minimum Gasteiger partial charge on any atom is -0.324 e. The molecule has 0 radical (unpaired) electrons. The molecule has 0 aliphatic carbocycles. The average molecular weight is 410 g/mol. The summed E-state index contributed by atoms with van der Waals surface area (Å²) < 4.78 is 2.69. The molecule has 3 nitrogen and oxygen atoms in total. The van der Waals surface area contributed by atoms with E-state index in [0.29, 0.717) is 11.6 Å². The number of nitrogens with two attached hydrogens (primary N) is 1. The van der Waals surface area contributed by atoms with Crippen LogP contribution < -0.4 is 5.73 Å². The van der Waals surface area contributed by atoms with Crippen molar-refractivity contribution in [1.82, 2.24) is 9.78 Å². The number of hydrogen-bond acceptors (Lipinski definition) is 2. The second-order valence-corrected chi connectivity index (χ2v) is 6.39. The zero-order chi connectivity index (χ0) is 14.2. The van der Waals surface area contributed by atoms with Crippen LogP contribution in [0.2, 0.25) is 10.2 Å². The first-order valence-electron chi connectivity index (χ1n) is 5.78. The van der Waals surface area contributed by atoms with Crippen LogP contribution >= 0.6 is 45.8 Å². The molecule has 1 aromatic carbocycles. The molecule has 1 heterocycles. The first kappa shape index (κ1) is 15.1. The number of benzene rings is 1. The highest BCUT2D eigenvalue weighted by Gasteiger charge is 2.16. The van der Waals surface area contributed by atoms with E-state index in [-0.39, 0.29) is 6.04 Å². The molecule has 0 saturated heterocycles. The highest BCUT2D eigenvalue weighted by molar-refractivity contribution is 14.1. The lowest BCUT2D eigenvalue weighted by atomic mass is 10.0. The van der Waals surface area contributed by atoms with Crippen LogP contribution in [0.15, 0.2) is 18.2 Å². The van der Waals surface area contributed by atoms with Gasteiger partial charge in [0.25, 0.3) is 0 Å². The molecule has 102 valence electrons. The van der Waals surface area contributed by atoms with Crippen LogP contribution in [0.5, 0.6) is 0 Å². The maximum atomic E-state index is 6.24. The fourth-order valence-electron chi connectivity index (χ4n) is 1.99. The zero-order valence-corrected chi connectivity index (χ0v) is 14.3. The Morgan fingerprint density at radius 3 is 2.63 bits per heavy atom. The lowest BCUT2D eigenvalue weighted by Gasteiger charge is -2.13. The SMILES string of the molecule is Cc1nn(C)c(Cl)c1CC(N)c1ccc(I)c(Cl)c1. The Morgan fingerprint density at radius 1 is 1.42 bits per heavy atom. The van der Waals surface area contributed by atoms with Crippen molar-refractivity contribution in [3.05, 3.63) is 48.8 Å². The smallest absolute Gasteiger partial charge is 0.130 e. The summed E-state index contributed by atoms with van der Waals surface area (Å²) in [5.74, 6) is 0. The number of aromatic nitrogens is 2. The standard InChI is InChI=1S/C13H14Cl2IN3/c1-7-9(13(15)19(2)18-7)6-12(17)8-3-4-11(16)10(14)5-8/h3-5,12H,6,17H2,1-2H3. The van der Waals surface area contributed by atoms with Crippen molar-refractivity contribution in [2.45, 2.75) is 19.4 Å². The molecule has 1 unspecified atom stereocenters. The maximum absolute atomic E-state index is 6.24. The third kappa shape index (κ3) is 3.24. The summed E-state index contributed by atoms with van der Waals surface area (Å²) in [6.45, 7) is 1.94. The summed E-state index contributed by atoms with van der Waals surface area (Å²) in [6.07, 6.45) is 0.648. The van der Waals surface area contributed by atoms with Gasteiger partial charge in [-0.3, -0.25) is 4.68 Å². The van der Waals surface area contributed by atoms with E-state index in [2.05, 4.69) is 27.7 Å². The topological polar surface area (TPSA) is 43.8 Å². The molecule has 1 aromatic heterocycles. The average Bonchev–Trinajstić information content (AvgIpc) is 2.59. The van der Waals surface area contributed by atoms with E-state index in [0.717, 1.165) is 25.4 Å². The van der Waals surface area contributed by atoms with Gasteiger partial charge in [-0.15, -0.1) is 0 Å². The van der Waals surface area contributed by atoms with Gasteiger partial charge in [-0.25, -0.2) is 0 Å². The Hall–Kier alpha value is -0.300. The van der Waals surface area contributed by atoms with Crippen molar-refractivity contribution in [3.8, 4) is 0 Å². The van der Waals surface area contributed by atoms with Crippen molar-refractivity contribution in [3.63, 3.8) is 0 Å². The molecule has 0 fully saturated rings. The molecule has 19 heavy (non-hydrogen) atoms. The first-order chi connectivity index (χ1) is 8.90. The normalized spacial score (nSPS) is 12.7. The minimum absolute atomic E-state index is 0.144. The van der Waals surface area contributed by atoms with Gasteiger partial charge in [0.15, 0.2) is 0 Å². The van der Waals surface area contributed by atoms with Crippen LogP contribution in [0.3, 0.4) is 0 Å². The van der Waals surface area contributed by atoms with E-state index in [1.165, 1.54) is 0 Å². The van der Waals surface area contributed by atoms with Crippen LogP contribution in [0.1, 0.15) is 22.9 Å². The summed E-state index contributed by atoms with van der Waals surface area (Å²) in [5.41, 5.74) is 9.15. The highest BCUT2D eigenvalue weighted by Crippen LogP contribution is 2.27. The number of hydrogen-bond donors (Lipinski definition) is 1. The molecule has 6 heteroatoms. The van der Waals surface area contributed by atoms with Crippen LogP contribution in [0.4, 0.5) is 0 Å². The Morgan fingerprint density at radius 2 is 2.11 bits per heavy atom. The lowest BCUT2D eigenvalue weighted by Crippen LogP contribution is -2.14. The van der Waals surface area contributed by atoms with Gasteiger partial charge in [-0.1, -0.05) is 29.3 Å². The van der Waals surface area contributed by atoms with Crippen LogP contribution in [-0.4, -0.2) is 9.78 Å². The van der Waals surface area contributed by atoms with Crippen LogP contribution in [-0.2, 0) is 13.5 Å². The fourth-order valence-corrected chi connectivity index (χ4v) is 2.76. The van der Waals surface area contributed by atoms with Crippen LogP contribution in [0.25, 0.3) is 0 Å². The Bertz CT molecular complexity index is 610. The van der Waals surface area contributed by atoms with E-state index >= 15 is 0 Å². The highest BCUT2D eigenvalue weighted by atomic mass is 127. The lowest BCUT2D eigenvalue weighted by molar-refractivity contribution is 0.718. The molecular formula is C13H14Cl2IN3. The van der Waals surface area contributed by atoms with E-state index in [4.69, 9.17) is 28.9 Å². The van der Waals surface area contributed by atoms with Crippen molar-refractivity contribution in [2.24, 2.45) is 12.8 Å². The summed E-state index contributed by atoms with van der Waals surface area (Å²) >= 11 is 14.5.